The molecule has 16 heteroatoms. The summed E-state index contributed by atoms with van der Waals surface area (Å²) in [5.41, 5.74) is -2.62. The van der Waals surface area contributed by atoms with E-state index in [1.165, 1.54) is 20.7 Å². The van der Waals surface area contributed by atoms with E-state index >= 15 is 0 Å². The highest BCUT2D eigenvalue weighted by atomic mass is 16.8. The minimum absolute atomic E-state index is 0.112. The fourth-order valence-corrected chi connectivity index (χ4v) is 4.34. The second-order valence-corrected chi connectivity index (χ2v) is 11.4. The highest BCUT2D eigenvalue weighted by molar-refractivity contribution is 5.96. The summed E-state index contributed by atoms with van der Waals surface area (Å²) in [5.74, 6) is -2.16. The summed E-state index contributed by atoms with van der Waals surface area (Å²) in [7, 11) is 0. The highest BCUT2D eigenvalue weighted by Gasteiger charge is 2.32. The first-order chi connectivity index (χ1) is 21.8. The van der Waals surface area contributed by atoms with Gasteiger partial charge >= 0.3 is 6.16 Å². The van der Waals surface area contributed by atoms with Crippen LogP contribution >= 0.6 is 0 Å². The molecule has 1 atom stereocenters. The minimum Gasteiger partial charge on any atom is -0.502 e. The molecule has 2 amide bonds. The van der Waals surface area contributed by atoms with Gasteiger partial charge in [0.25, 0.3) is 16.8 Å². The number of Topliss-reactive ketones (excluding diaryl/α,β-unsaturated/α-hetero) is 1. The van der Waals surface area contributed by atoms with Crippen LogP contribution in [0.25, 0.3) is 5.69 Å². The Hall–Kier alpha value is -5.25. The van der Waals surface area contributed by atoms with Gasteiger partial charge in [0.1, 0.15) is 18.3 Å². The molecule has 16 nitrogen and oxygen atoms in total. The van der Waals surface area contributed by atoms with Gasteiger partial charge in [0.2, 0.25) is 11.8 Å². The Bertz CT molecular complexity index is 1650. The van der Waals surface area contributed by atoms with Crippen LogP contribution in [0.1, 0.15) is 38.2 Å². The van der Waals surface area contributed by atoms with Crippen LogP contribution in [0.15, 0.2) is 46.0 Å². The van der Waals surface area contributed by atoms with Crippen LogP contribution in [0.2, 0.25) is 0 Å². The Kier molecular flexibility index (Phi) is 10.4. The van der Waals surface area contributed by atoms with Crippen LogP contribution in [0.3, 0.4) is 0 Å². The van der Waals surface area contributed by atoms with Crippen LogP contribution in [-0.2, 0) is 19.2 Å². The van der Waals surface area contributed by atoms with E-state index in [2.05, 4.69) is 15.7 Å². The number of anilines is 1. The van der Waals surface area contributed by atoms with Crippen molar-refractivity contribution in [3.63, 3.8) is 0 Å². The lowest BCUT2D eigenvalue weighted by atomic mass is 9.91. The van der Waals surface area contributed by atoms with Crippen LogP contribution in [0.5, 0.6) is 11.6 Å². The molecule has 0 radical (unpaired) electrons. The first-order valence-electron chi connectivity index (χ1n) is 14.6. The van der Waals surface area contributed by atoms with Crippen molar-refractivity contribution < 1.29 is 38.6 Å². The Labute approximate surface area is 263 Å². The van der Waals surface area contributed by atoms with E-state index in [4.69, 9.17) is 14.3 Å². The number of ketones is 1. The molecule has 0 unspecified atom stereocenters. The van der Waals surface area contributed by atoms with Gasteiger partial charge in [-0.15, -0.1) is 5.06 Å². The van der Waals surface area contributed by atoms with Crippen molar-refractivity contribution in [2.24, 2.45) is 5.41 Å². The molecule has 1 aliphatic heterocycles. The molecule has 4 rings (SSSR count). The predicted molar refractivity (Wildman–Crippen MR) is 163 cm³/mol. The third-order valence-electron chi connectivity index (χ3n) is 7.09. The Morgan fingerprint density at radius 1 is 1.02 bits per heavy atom. The van der Waals surface area contributed by atoms with E-state index in [9.17, 15) is 33.9 Å². The first kappa shape index (κ1) is 33.6. The number of hydrogen-bond donors (Lipinski definition) is 3. The lowest BCUT2D eigenvalue weighted by Crippen LogP contribution is -2.57. The topological polar surface area (TPSA) is 199 Å². The quantitative estimate of drug-likeness (QED) is 0.184. The van der Waals surface area contributed by atoms with Crippen LogP contribution < -0.4 is 26.2 Å². The number of rotatable bonds is 12. The molecule has 0 saturated carbocycles. The molecule has 46 heavy (non-hydrogen) atoms. The second kappa shape index (κ2) is 14.2. The fourth-order valence-electron chi connectivity index (χ4n) is 4.34. The number of nitrogens with one attached hydrogen (secondary N) is 2. The Balaban J connectivity index is 1.53. The number of carbonyl (C=O) groups is 4. The van der Waals surface area contributed by atoms with Crippen molar-refractivity contribution in [3.05, 3.63) is 62.5 Å². The number of hydrogen-bond acceptors (Lipinski definition) is 13. The molecule has 1 saturated heterocycles. The maximum absolute atomic E-state index is 13.6. The van der Waals surface area contributed by atoms with E-state index in [1.54, 1.807) is 58.0 Å². The second-order valence-electron chi connectivity index (χ2n) is 11.4. The van der Waals surface area contributed by atoms with Gasteiger partial charge in [0.05, 0.1) is 25.4 Å². The van der Waals surface area contributed by atoms with Crippen molar-refractivity contribution in [1.82, 2.24) is 25.1 Å². The largest absolute Gasteiger partial charge is 0.527 e. The molecular weight excluding hydrogens is 604 g/mol. The summed E-state index contributed by atoms with van der Waals surface area (Å²) in [6.07, 6.45) is -0.870. The van der Waals surface area contributed by atoms with Crippen molar-refractivity contribution >= 4 is 29.4 Å². The smallest absolute Gasteiger partial charge is 0.502 e. The van der Waals surface area contributed by atoms with Gasteiger partial charge in [-0.05, 0) is 19.1 Å². The molecule has 3 aromatic rings. The van der Waals surface area contributed by atoms with Gasteiger partial charge in [-0.2, -0.15) is 5.10 Å². The zero-order chi connectivity index (χ0) is 33.6. The lowest BCUT2D eigenvalue weighted by Gasteiger charge is -2.35. The predicted octanol–water partition coefficient (Wildman–Crippen LogP) is 0.611. The van der Waals surface area contributed by atoms with Crippen LogP contribution in [0, 0.1) is 5.41 Å². The summed E-state index contributed by atoms with van der Waals surface area (Å²) in [6, 6.07) is 8.82. The van der Waals surface area contributed by atoms with Gasteiger partial charge in [-0.3, -0.25) is 24.0 Å². The SMILES string of the molecule is CCOC(=O)ON1CCN(C(=O)[C@H](CNc2c(O)c(=O)c2=O)NC(=O)c2cc(OCC(=O)C(C)(C)C)n(-c3ccccc3)n2)CC1. The number of ether oxygens (including phenoxy) is 2. The summed E-state index contributed by atoms with van der Waals surface area (Å²) in [6.45, 7) is 6.98. The molecule has 1 fully saturated rings. The van der Waals surface area contributed by atoms with Crippen LogP contribution in [-0.4, -0.2) is 101 Å². The number of carbonyl (C=O) groups excluding carboxylic acids is 4. The highest BCUT2D eigenvalue weighted by Crippen LogP contribution is 2.22. The van der Waals surface area contributed by atoms with Gasteiger partial charge < -0.3 is 35.0 Å². The van der Waals surface area contributed by atoms with Crippen molar-refractivity contribution in [3.8, 4) is 17.3 Å². The van der Waals surface area contributed by atoms with Crippen molar-refractivity contribution in [2.75, 3.05) is 51.3 Å². The third-order valence-corrected chi connectivity index (χ3v) is 7.09. The maximum Gasteiger partial charge on any atom is 0.527 e. The van der Waals surface area contributed by atoms with Gasteiger partial charge in [0.15, 0.2) is 17.2 Å². The molecule has 2 aromatic carbocycles. The molecule has 3 N–H and O–H groups in total. The molecular formula is C30H36N6O10. The molecule has 1 aromatic heterocycles. The Morgan fingerprint density at radius 2 is 1.70 bits per heavy atom. The molecule has 0 spiro atoms. The average Bonchev–Trinajstić information content (AvgIpc) is 3.47. The van der Waals surface area contributed by atoms with Gasteiger partial charge in [-0.1, -0.05) is 39.0 Å². The molecule has 246 valence electrons. The number of amides is 2. The standard InChI is InChI=1S/C30H36N6O10/c1-5-44-29(43)46-35-13-11-34(12-14-35)28(42)20(16-31-23-24(38)26(40)25(23)39)32-27(41)19-15-22(45-17-21(37)30(2,3)4)36(33-19)18-9-7-6-8-10-18/h6-10,15,20,31,38H,5,11-14,16-17H2,1-4H3,(H,32,41)/t20-/m0/s1. The molecule has 1 aliphatic rings. The first-order valence-corrected chi connectivity index (χ1v) is 14.6. The number of para-hydroxylation sites is 1. The number of benzene rings is 1. The molecule has 0 aliphatic carbocycles. The molecule has 0 bridgehead atoms. The van der Waals surface area contributed by atoms with E-state index in [0.29, 0.717) is 5.69 Å². The zero-order valence-corrected chi connectivity index (χ0v) is 25.9. The van der Waals surface area contributed by atoms with E-state index < -0.39 is 46.0 Å². The third kappa shape index (κ3) is 7.87. The summed E-state index contributed by atoms with van der Waals surface area (Å²) < 4.78 is 11.9. The summed E-state index contributed by atoms with van der Waals surface area (Å²) >= 11 is 0. The normalized spacial score (nSPS) is 14.4. The average molecular weight is 641 g/mol. The number of piperazine rings is 1. The fraction of sp³-hybridized carbons (Fsp3) is 0.433. The van der Waals surface area contributed by atoms with Gasteiger partial charge in [0, 0.05) is 31.1 Å². The van der Waals surface area contributed by atoms with Crippen LogP contribution in [0.4, 0.5) is 10.5 Å². The van der Waals surface area contributed by atoms with E-state index in [1.807, 2.05) is 0 Å². The summed E-state index contributed by atoms with van der Waals surface area (Å²) in [4.78, 5) is 81.2. The monoisotopic (exact) mass is 640 g/mol. The minimum atomic E-state index is -1.29. The van der Waals surface area contributed by atoms with Crippen molar-refractivity contribution in [2.45, 2.75) is 33.7 Å². The number of hydroxylamine groups is 2. The van der Waals surface area contributed by atoms with E-state index in [-0.39, 0.29) is 69.0 Å². The van der Waals surface area contributed by atoms with E-state index in [0.717, 1.165) is 0 Å². The van der Waals surface area contributed by atoms with Gasteiger partial charge in [-0.25, -0.2) is 9.48 Å². The molecule has 2 heterocycles. The number of nitrogens with zero attached hydrogens (tertiary/aromatic N) is 4. The Morgan fingerprint density at radius 3 is 2.30 bits per heavy atom. The number of aromatic nitrogens is 2. The number of aromatic hydroxyl groups is 1. The maximum atomic E-state index is 13.6. The summed E-state index contributed by atoms with van der Waals surface area (Å²) in [5, 5.41) is 20.7. The zero-order valence-electron chi connectivity index (χ0n) is 25.9. The lowest BCUT2D eigenvalue weighted by molar-refractivity contribution is -0.157. The van der Waals surface area contributed by atoms with Crippen molar-refractivity contribution in [1.29, 1.82) is 0 Å².